The Morgan fingerprint density at radius 2 is 1.91 bits per heavy atom. The number of carbonyl (C=O) groups excluding carboxylic acids is 1. The van der Waals surface area contributed by atoms with Gasteiger partial charge in [-0.3, -0.25) is 9.59 Å². The van der Waals surface area contributed by atoms with Gasteiger partial charge < -0.3 is 14.9 Å². The van der Waals surface area contributed by atoms with Gasteiger partial charge in [0.1, 0.15) is 0 Å². The molecule has 1 N–H and O–H groups in total. The Bertz CT molecular complexity index is 551. The van der Waals surface area contributed by atoms with Crippen LogP contribution in [-0.4, -0.2) is 48.1 Å². The molecule has 1 aromatic carbocycles. The van der Waals surface area contributed by atoms with Crippen LogP contribution in [0.5, 0.6) is 0 Å². The lowest BCUT2D eigenvalue weighted by molar-refractivity contribution is -0.137. The van der Waals surface area contributed by atoms with Crippen molar-refractivity contribution in [3.8, 4) is 0 Å². The molecule has 5 heteroatoms. The van der Waals surface area contributed by atoms with Gasteiger partial charge in [0.15, 0.2) is 0 Å². The van der Waals surface area contributed by atoms with E-state index < -0.39 is 5.97 Å². The van der Waals surface area contributed by atoms with Gasteiger partial charge in [-0.1, -0.05) is 17.7 Å². The van der Waals surface area contributed by atoms with Crippen molar-refractivity contribution in [2.45, 2.75) is 33.1 Å². The number of anilines is 1. The SMILES string of the molecule is Cc1ccc(N(CCC(=O)O)CC(=O)N2CCCC2)c(C)c1. The van der Waals surface area contributed by atoms with Gasteiger partial charge in [-0.25, -0.2) is 0 Å². The summed E-state index contributed by atoms with van der Waals surface area (Å²) in [5.41, 5.74) is 3.17. The van der Waals surface area contributed by atoms with Crippen LogP contribution >= 0.6 is 0 Å². The Balaban J connectivity index is 2.14. The van der Waals surface area contributed by atoms with Gasteiger partial charge in [0, 0.05) is 25.3 Å². The fourth-order valence-corrected chi connectivity index (χ4v) is 2.91. The van der Waals surface area contributed by atoms with Crippen molar-refractivity contribution < 1.29 is 14.7 Å². The molecule has 1 aromatic rings. The number of carbonyl (C=O) groups is 2. The summed E-state index contributed by atoms with van der Waals surface area (Å²) in [5, 5.41) is 8.95. The number of hydrogen-bond acceptors (Lipinski definition) is 3. The van der Waals surface area contributed by atoms with Crippen molar-refractivity contribution in [3.05, 3.63) is 29.3 Å². The number of benzene rings is 1. The number of aryl methyl sites for hydroxylation is 2. The second-order valence-corrected chi connectivity index (χ2v) is 5.94. The van der Waals surface area contributed by atoms with Crippen LogP contribution in [0.25, 0.3) is 0 Å². The van der Waals surface area contributed by atoms with Crippen molar-refractivity contribution in [3.63, 3.8) is 0 Å². The maximum absolute atomic E-state index is 12.4. The molecule has 2 rings (SSSR count). The third-order valence-electron chi connectivity index (χ3n) is 4.07. The molecule has 0 spiro atoms. The normalized spacial score (nSPS) is 14.2. The van der Waals surface area contributed by atoms with Crippen LogP contribution in [0.3, 0.4) is 0 Å². The molecule has 1 aliphatic heterocycles. The first-order chi connectivity index (χ1) is 10.5. The number of amides is 1. The number of carboxylic acid groups (broad SMARTS) is 1. The molecule has 0 bridgehead atoms. The van der Waals surface area contributed by atoms with Crippen LogP contribution in [0.15, 0.2) is 18.2 Å². The lowest BCUT2D eigenvalue weighted by Gasteiger charge is -2.28. The summed E-state index contributed by atoms with van der Waals surface area (Å²) < 4.78 is 0. The van der Waals surface area contributed by atoms with E-state index in [1.165, 1.54) is 0 Å². The van der Waals surface area contributed by atoms with Gasteiger partial charge in [-0.2, -0.15) is 0 Å². The van der Waals surface area contributed by atoms with Crippen LogP contribution in [0.1, 0.15) is 30.4 Å². The third kappa shape index (κ3) is 4.23. The van der Waals surface area contributed by atoms with E-state index in [0.717, 1.165) is 42.7 Å². The maximum atomic E-state index is 12.4. The minimum atomic E-state index is -0.844. The van der Waals surface area contributed by atoms with E-state index in [1.54, 1.807) is 0 Å². The minimum Gasteiger partial charge on any atom is -0.481 e. The summed E-state index contributed by atoms with van der Waals surface area (Å²) in [6.45, 7) is 6.25. The van der Waals surface area contributed by atoms with E-state index in [-0.39, 0.29) is 18.9 Å². The zero-order chi connectivity index (χ0) is 16.1. The zero-order valence-corrected chi connectivity index (χ0v) is 13.3. The van der Waals surface area contributed by atoms with Crippen molar-refractivity contribution in [1.29, 1.82) is 0 Å². The van der Waals surface area contributed by atoms with E-state index in [0.29, 0.717) is 6.54 Å². The second kappa shape index (κ2) is 7.29. The largest absolute Gasteiger partial charge is 0.481 e. The summed E-state index contributed by atoms with van der Waals surface area (Å²) in [6.07, 6.45) is 2.15. The van der Waals surface area contributed by atoms with Crippen LogP contribution in [0.4, 0.5) is 5.69 Å². The Labute approximate surface area is 131 Å². The summed E-state index contributed by atoms with van der Waals surface area (Å²) in [7, 11) is 0. The first-order valence-corrected chi connectivity index (χ1v) is 7.79. The number of aliphatic carboxylic acids is 1. The highest BCUT2D eigenvalue weighted by atomic mass is 16.4. The van der Waals surface area contributed by atoms with E-state index in [4.69, 9.17) is 5.11 Å². The molecule has 0 saturated carbocycles. The van der Waals surface area contributed by atoms with Crippen molar-refractivity contribution in [2.24, 2.45) is 0 Å². The topological polar surface area (TPSA) is 60.9 Å². The molecule has 1 fully saturated rings. The first kappa shape index (κ1) is 16.3. The third-order valence-corrected chi connectivity index (χ3v) is 4.07. The average Bonchev–Trinajstić information content (AvgIpc) is 2.97. The molecule has 5 nitrogen and oxygen atoms in total. The van der Waals surface area contributed by atoms with E-state index in [1.807, 2.05) is 35.8 Å². The van der Waals surface area contributed by atoms with Crippen molar-refractivity contribution in [2.75, 3.05) is 31.1 Å². The highest BCUT2D eigenvalue weighted by Gasteiger charge is 2.21. The van der Waals surface area contributed by atoms with Gasteiger partial charge in [0.05, 0.1) is 13.0 Å². The van der Waals surface area contributed by atoms with Crippen LogP contribution in [0.2, 0.25) is 0 Å². The fourth-order valence-electron chi connectivity index (χ4n) is 2.91. The summed E-state index contributed by atoms with van der Waals surface area (Å²) >= 11 is 0. The predicted octanol–water partition coefficient (Wildman–Crippen LogP) is 2.21. The number of rotatable bonds is 6. The quantitative estimate of drug-likeness (QED) is 0.875. The Morgan fingerprint density at radius 3 is 2.50 bits per heavy atom. The molecule has 1 amide bonds. The number of nitrogens with zero attached hydrogens (tertiary/aromatic N) is 2. The number of hydrogen-bond donors (Lipinski definition) is 1. The van der Waals surface area contributed by atoms with Crippen LogP contribution in [-0.2, 0) is 9.59 Å². The van der Waals surface area contributed by atoms with E-state index >= 15 is 0 Å². The van der Waals surface area contributed by atoms with Gasteiger partial charge in [0.25, 0.3) is 0 Å². The Morgan fingerprint density at radius 1 is 1.23 bits per heavy atom. The molecule has 0 radical (unpaired) electrons. The molecule has 0 aromatic heterocycles. The minimum absolute atomic E-state index is 0.0284. The summed E-state index contributed by atoms with van der Waals surface area (Å²) in [4.78, 5) is 27.0. The second-order valence-electron chi connectivity index (χ2n) is 5.94. The smallest absolute Gasteiger partial charge is 0.305 e. The van der Waals surface area contributed by atoms with E-state index in [9.17, 15) is 9.59 Å². The molecule has 1 aliphatic rings. The maximum Gasteiger partial charge on any atom is 0.305 e. The molecular formula is C17H24N2O3. The zero-order valence-electron chi connectivity index (χ0n) is 13.3. The molecule has 120 valence electrons. The van der Waals surface area contributed by atoms with Gasteiger partial charge in [-0.15, -0.1) is 0 Å². The highest BCUT2D eigenvalue weighted by molar-refractivity contribution is 5.82. The summed E-state index contributed by atoms with van der Waals surface area (Å²) in [6, 6.07) is 6.03. The summed E-state index contributed by atoms with van der Waals surface area (Å²) in [5.74, 6) is -0.758. The monoisotopic (exact) mass is 304 g/mol. The molecular weight excluding hydrogens is 280 g/mol. The fraction of sp³-hybridized carbons (Fsp3) is 0.529. The molecule has 0 unspecified atom stereocenters. The number of likely N-dealkylation sites (tertiary alicyclic amines) is 1. The van der Waals surface area contributed by atoms with Gasteiger partial charge in [-0.05, 0) is 38.3 Å². The van der Waals surface area contributed by atoms with E-state index in [2.05, 4.69) is 6.07 Å². The van der Waals surface area contributed by atoms with Crippen molar-refractivity contribution >= 4 is 17.6 Å². The molecule has 0 aliphatic carbocycles. The van der Waals surface area contributed by atoms with Crippen LogP contribution < -0.4 is 4.90 Å². The average molecular weight is 304 g/mol. The lowest BCUT2D eigenvalue weighted by Crippen LogP contribution is -2.40. The van der Waals surface area contributed by atoms with Crippen LogP contribution in [0, 0.1) is 13.8 Å². The predicted molar refractivity (Wildman–Crippen MR) is 86.2 cm³/mol. The Kier molecular flexibility index (Phi) is 5.41. The molecule has 1 saturated heterocycles. The highest BCUT2D eigenvalue weighted by Crippen LogP contribution is 2.22. The molecule has 1 heterocycles. The van der Waals surface area contributed by atoms with Gasteiger partial charge in [0.2, 0.25) is 5.91 Å². The van der Waals surface area contributed by atoms with Gasteiger partial charge >= 0.3 is 5.97 Å². The molecule has 22 heavy (non-hydrogen) atoms. The number of carboxylic acids is 1. The lowest BCUT2D eigenvalue weighted by atomic mass is 10.1. The first-order valence-electron chi connectivity index (χ1n) is 7.79. The Hall–Kier alpha value is -2.04. The standard InChI is InChI=1S/C17H24N2O3/c1-13-5-6-15(14(2)11-13)19(10-7-17(21)22)12-16(20)18-8-3-4-9-18/h5-6,11H,3-4,7-10,12H2,1-2H3,(H,21,22). The molecule has 0 atom stereocenters. The van der Waals surface area contributed by atoms with Crippen molar-refractivity contribution in [1.82, 2.24) is 4.90 Å².